The van der Waals surface area contributed by atoms with Gasteiger partial charge < -0.3 is 13.9 Å². The van der Waals surface area contributed by atoms with Crippen LogP contribution in [-0.2, 0) is 4.79 Å². The largest absolute Gasteiger partial charge is 0.503 e. The van der Waals surface area contributed by atoms with E-state index in [0.29, 0.717) is 27.4 Å². The van der Waals surface area contributed by atoms with Crippen molar-refractivity contribution in [2.75, 3.05) is 4.90 Å². The number of rotatable bonds is 4. The number of Topliss-reactive ketones (excluding diaryl/α,β-unsaturated/α-hetero) is 1. The van der Waals surface area contributed by atoms with Gasteiger partial charge in [-0.05, 0) is 73.5 Å². The highest BCUT2D eigenvalue weighted by molar-refractivity contribution is 6.31. The average molecular weight is 448 g/mol. The third-order valence-corrected chi connectivity index (χ3v) is 5.97. The van der Waals surface area contributed by atoms with Crippen LogP contribution in [0.15, 0.2) is 81.0 Å². The van der Waals surface area contributed by atoms with E-state index in [4.69, 9.17) is 20.4 Å². The number of furan rings is 2. The Morgan fingerprint density at radius 3 is 2.59 bits per heavy atom. The monoisotopic (exact) mass is 447 g/mol. The molecule has 0 saturated carbocycles. The summed E-state index contributed by atoms with van der Waals surface area (Å²) in [6.07, 6.45) is 1.46. The molecule has 2 aromatic heterocycles. The summed E-state index contributed by atoms with van der Waals surface area (Å²) in [7, 11) is 0. The fraction of sp³-hybridized carbons (Fsp3) is 0.120. The van der Waals surface area contributed by atoms with Crippen LogP contribution >= 0.6 is 11.6 Å². The van der Waals surface area contributed by atoms with Crippen molar-refractivity contribution in [3.05, 3.63) is 99.9 Å². The lowest BCUT2D eigenvalue weighted by Crippen LogP contribution is -2.30. The second-order valence-corrected chi connectivity index (χ2v) is 8.18. The first-order valence-corrected chi connectivity index (χ1v) is 10.3. The van der Waals surface area contributed by atoms with Crippen LogP contribution in [0.2, 0.25) is 5.02 Å². The van der Waals surface area contributed by atoms with Gasteiger partial charge >= 0.3 is 0 Å². The van der Waals surface area contributed by atoms with E-state index in [0.717, 1.165) is 11.1 Å². The lowest BCUT2D eigenvalue weighted by atomic mass is 9.99. The molecular weight excluding hydrogens is 430 g/mol. The lowest BCUT2D eigenvalue weighted by Gasteiger charge is -2.25. The van der Waals surface area contributed by atoms with E-state index in [1.165, 1.54) is 11.2 Å². The molecule has 1 N–H and O–H groups in total. The summed E-state index contributed by atoms with van der Waals surface area (Å²) in [5, 5.41) is 11.9. The van der Waals surface area contributed by atoms with E-state index >= 15 is 0 Å². The van der Waals surface area contributed by atoms with Crippen LogP contribution in [0.25, 0.3) is 11.0 Å². The molecule has 4 aromatic rings. The number of nitrogens with zero attached hydrogens (tertiary/aromatic N) is 1. The molecule has 1 amide bonds. The van der Waals surface area contributed by atoms with Gasteiger partial charge in [-0.15, -0.1) is 0 Å². The SMILES string of the molecule is Cc1ccc(N2C(=O)C(O)=C(C(=O)c3cc4cc(Cl)ccc4o3)C2c2ccco2)cc1C. The van der Waals surface area contributed by atoms with E-state index in [2.05, 4.69) is 0 Å². The first kappa shape index (κ1) is 20.2. The number of amides is 1. The van der Waals surface area contributed by atoms with Crippen molar-refractivity contribution < 1.29 is 23.5 Å². The third-order valence-electron chi connectivity index (χ3n) is 5.74. The maximum atomic E-state index is 13.5. The molecular formula is C25H18ClNO5. The number of hydrogen-bond donors (Lipinski definition) is 1. The van der Waals surface area contributed by atoms with E-state index < -0.39 is 23.5 Å². The maximum Gasteiger partial charge on any atom is 0.294 e. The van der Waals surface area contributed by atoms with Crippen LogP contribution in [0.5, 0.6) is 0 Å². The van der Waals surface area contributed by atoms with Crippen LogP contribution in [0.3, 0.4) is 0 Å². The molecule has 0 saturated heterocycles. The quantitative estimate of drug-likeness (QED) is 0.383. The van der Waals surface area contributed by atoms with Crippen LogP contribution < -0.4 is 4.90 Å². The minimum atomic E-state index is -0.941. The van der Waals surface area contributed by atoms with Gasteiger partial charge in [-0.2, -0.15) is 0 Å². The molecule has 0 radical (unpaired) electrons. The van der Waals surface area contributed by atoms with Crippen molar-refractivity contribution in [3.8, 4) is 0 Å². The Labute approximate surface area is 188 Å². The molecule has 160 valence electrons. The first-order chi connectivity index (χ1) is 15.3. The molecule has 3 heterocycles. The Kier molecular flexibility index (Phi) is 4.68. The number of ketones is 1. The molecule has 1 unspecified atom stereocenters. The number of carbonyl (C=O) groups excluding carboxylic acids is 2. The molecule has 1 aliphatic rings. The standard InChI is InChI=1S/C25H18ClNO5/c1-13-5-7-17(10-14(13)2)27-22(19-4-3-9-31-19)21(24(29)25(27)30)23(28)20-12-15-11-16(26)6-8-18(15)32-20/h3-12,22,29H,1-2H3. The Morgan fingerprint density at radius 2 is 1.88 bits per heavy atom. The smallest absolute Gasteiger partial charge is 0.294 e. The second-order valence-electron chi connectivity index (χ2n) is 7.75. The number of aryl methyl sites for hydroxylation is 2. The fourth-order valence-corrected chi connectivity index (χ4v) is 4.13. The van der Waals surface area contributed by atoms with E-state index in [1.54, 1.807) is 42.5 Å². The highest BCUT2D eigenvalue weighted by Crippen LogP contribution is 2.42. The van der Waals surface area contributed by atoms with Crippen LogP contribution in [0.1, 0.15) is 33.5 Å². The number of carbonyl (C=O) groups is 2. The molecule has 0 aliphatic carbocycles. The van der Waals surface area contributed by atoms with Crippen molar-refractivity contribution in [2.45, 2.75) is 19.9 Å². The van der Waals surface area contributed by atoms with Crippen molar-refractivity contribution in [3.63, 3.8) is 0 Å². The Hall–Kier alpha value is -3.77. The molecule has 32 heavy (non-hydrogen) atoms. The van der Waals surface area contributed by atoms with Crippen LogP contribution in [0.4, 0.5) is 5.69 Å². The number of fused-ring (bicyclic) bond motifs is 1. The molecule has 0 spiro atoms. The number of aliphatic hydroxyl groups excluding tert-OH is 1. The molecule has 5 rings (SSSR count). The Morgan fingerprint density at radius 1 is 1.06 bits per heavy atom. The number of aliphatic hydroxyl groups is 1. The predicted molar refractivity (Wildman–Crippen MR) is 120 cm³/mol. The average Bonchev–Trinajstić information content (AvgIpc) is 3.49. The van der Waals surface area contributed by atoms with Gasteiger partial charge in [0.25, 0.3) is 5.91 Å². The summed E-state index contributed by atoms with van der Waals surface area (Å²) in [5.74, 6) is -1.57. The van der Waals surface area contributed by atoms with Gasteiger partial charge in [-0.1, -0.05) is 17.7 Å². The van der Waals surface area contributed by atoms with Gasteiger partial charge in [0, 0.05) is 16.1 Å². The Bertz CT molecular complexity index is 1410. The van der Waals surface area contributed by atoms with Gasteiger partial charge in [-0.3, -0.25) is 14.5 Å². The zero-order chi connectivity index (χ0) is 22.6. The van der Waals surface area contributed by atoms with Crippen LogP contribution in [0, 0.1) is 13.8 Å². The molecule has 1 atom stereocenters. The molecule has 0 bridgehead atoms. The topological polar surface area (TPSA) is 83.9 Å². The first-order valence-electron chi connectivity index (χ1n) is 9.96. The normalized spacial score (nSPS) is 16.4. The van der Waals surface area contributed by atoms with Crippen molar-refractivity contribution >= 4 is 39.9 Å². The van der Waals surface area contributed by atoms with Crippen molar-refractivity contribution in [2.24, 2.45) is 0 Å². The van der Waals surface area contributed by atoms with Gasteiger partial charge in [0.1, 0.15) is 17.4 Å². The van der Waals surface area contributed by atoms with E-state index in [-0.39, 0.29) is 11.3 Å². The molecule has 2 aromatic carbocycles. The summed E-state index contributed by atoms with van der Waals surface area (Å²) >= 11 is 6.04. The minimum absolute atomic E-state index is 0.00453. The van der Waals surface area contributed by atoms with Gasteiger partial charge in [0.2, 0.25) is 5.78 Å². The van der Waals surface area contributed by atoms with Crippen molar-refractivity contribution in [1.82, 2.24) is 0 Å². The Balaban J connectivity index is 1.64. The minimum Gasteiger partial charge on any atom is -0.503 e. The number of anilines is 1. The summed E-state index contributed by atoms with van der Waals surface area (Å²) in [6, 6.07) is 14.4. The zero-order valence-corrected chi connectivity index (χ0v) is 18.0. The number of hydrogen-bond acceptors (Lipinski definition) is 5. The maximum absolute atomic E-state index is 13.5. The number of benzene rings is 2. The zero-order valence-electron chi connectivity index (χ0n) is 17.3. The lowest BCUT2D eigenvalue weighted by molar-refractivity contribution is -0.117. The molecule has 0 fully saturated rings. The van der Waals surface area contributed by atoms with Gasteiger partial charge in [0.15, 0.2) is 11.5 Å². The summed E-state index contributed by atoms with van der Waals surface area (Å²) in [6.45, 7) is 3.90. The molecule has 1 aliphatic heterocycles. The van der Waals surface area contributed by atoms with Crippen LogP contribution in [-0.4, -0.2) is 16.8 Å². The van der Waals surface area contributed by atoms with E-state index in [1.807, 2.05) is 26.0 Å². The predicted octanol–water partition coefficient (Wildman–Crippen LogP) is 6.08. The van der Waals surface area contributed by atoms with Crippen molar-refractivity contribution in [1.29, 1.82) is 0 Å². The summed E-state index contributed by atoms with van der Waals surface area (Å²) in [4.78, 5) is 28.0. The number of halogens is 1. The van der Waals surface area contributed by atoms with E-state index in [9.17, 15) is 14.7 Å². The summed E-state index contributed by atoms with van der Waals surface area (Å²) < 4.78 is 11.3. The van der Waals surface area contributed by atoms with Gasteiger partial charge in [-0.25, -0.2) is 0 Å². The fourth-order valence-electron chi connectivity index (χ4n) is 3.95. The highest BCUT2D eigenvalue weighted by atomic mass is 35.5. The van der Waals surface area contributed by atoms with Gasteiger partial charge in [0.05, 0.1) is 11.8 Å². The third kappa shape index (κ3) is 3.11. The summed E-state index contributed by atoms with van der Waals surface area (Å²) in [5.41, 5.74) is 2.95. The second kappa shape index (κ2) is 7.43. The highest BCUT2D eigenvalue weighted by Gasteiger charge is 2.46. The molecule has 6 nitrogen and oxygen atoms in total. The molecule has 7 heteroatoms.